The number of rotatable bonds is 7. The van der Waals surface area contributed by atoms with Crippen molar-refractivity contribution in [3.05, 3.63) is 59.8 Å². The Hall–Kier alpha value is -3.26. The summed E-state index contributed by atoms with van der Waals surface area (Å²) in [6.07, 6.45) is 0.632. The van der Waals surface area contributed by atoms with E-state index in [1.54, 1.807) is 12.1 Å². The van der Waals surface area contributed by atoms with Crippen LogP contribution in [0.15, 0.2) is 52.9 Å². The van der Waals surface area contributed by atoms with Crippen LogP contribution in [0.2, 0.25) is 0 Å². The van der Waals surface area contributed by atoms with Crippen LogP contribution in [0.3, 0.4) is 0 Å². The van der Waals surface area contributed by atoms with Crippen molar-refractivity contribution in [3.63, 3.8) is 0 Å². The van der Waals surface area contributed by atoms with Gasteiger partial charge in [0.25, 0.3) is 0 Å². The van der Waals surface area contributed by atoms with Crippen LogP contribution in [-0.2, 0) is 30.2 Å². The Kier molecular flexibility index (Phi) is 6.00. The molecule has 0 aliphatic carbocycles. The summed E-state index contributed by atoms with van der Waals surface area (Å²) in [5, 5.41) is 12.3. The Labute approximate surface area is 167 Å². The summed E-state index contributed by atoms with van der Waals surface area (Å²) in [7, 11) is 0. The van der Waals surface area contributed by atoms with Gasteiger partial charge in [-0.15, -0.1) is 4.36 Å². The molecule has 7 nitrogen and oxygen atoms in total. The van der Waals surface area contributed by atoms with Crippen LogP contribution in [0.5, 0.6) is 5.75 Å². The van der Waals surface area contributed by atoms with Gasteiger partial charge < -0.3 is 19.7 Å². The maximum Gasteiger partial charge on any atom is 0.356 e. The number of nitrogens with one attached hydrogen (secondary N) is 1. The summed E-state index contributed by atoms with van der Waals surface area (Å²) >= 11 is 4.50. The third kappa shape index (κ3) is 4.01. The molecule has 0 aliphatic heterocycles. The first-order valence-electron chi connectivity index (χ1n) is 8.72. The number of carbonyl (C=O) groups excluding carboxylic acids is 1. The molecular formula is C20H19N3O4S. The van der Waals surface area contributed by atoms with Crippen LogP contribution in [0.4, 0.5) is 10.5 Å². The van der Waals surface area contributed by atoms with Gasteiger partial charge in [0, 0.05) is 24.7 Å². The summed E-state index contributed by atoms with van der Waals surface area (Å²) in [6.45, 7) is 2.08. The van der Waals surface area contributed by atoms with Crippen molar-refractivity contribution in [3.8, 4) is 5.75 Å². The molecule has 0 bridgehead atoms. The minimum Gasteiger partial charge on any atom is -0.481 e. The fraction of sp³-hybridized carbons (Fsp3) is 0.200. The molecular weight excluding hydrogens is 378 g/mol. The summed E-state index contributed by atoms with van der Waals surface area (Å²) in [5.74, 6) is -0.705. The topological polar surface area (TPSA) is 92.9 Å². The smallest absolute Gasteiger partial charge is 0.356 e. The molecule has 1 aromatic heterocycles. The van der Waals surface area contributed by atoms with E-state index in [4.69, 9.17) is 9.84 Å². The highest BCUT2D eigenvalue weighted by atomic mass is 32.1. The van der Waals surface area contributed by atoms with E-state index in [2.05, 4.69) is 26.7 Å². The average molecular weight is 397 g/mol. The molecule has 0 spiro atoms. The highest BCUT2D eigenvalue weighted by Crippen LogP contribution is 2.38. The van der Waals surface area contributed by atoms with Crippen molar-refractivity contribution in [2.45, 2.75) is 19.9 Å². The zero-order valence-electron chi connectivity index (χ0n) is 15.2. The molecule has 8 heteroatoms. The summed E-state index contributed by atoms with van der Waals surface area (Å²) in [4.78, 5) is 22.9. The van der Waals surface area contributed by atoms with Gasteiger partial charge in [0.05, 0.1) is 16.6 Å². The van der Waals surface area contributed by atoms with Crippen LogP contribution in [0.1, 0.15) is 18.2 Å². The highest BCUT2D eigenvalue weighted by Gasteiger charge is 2.21. The Morgan fingerprint density at radius 1 is 1.18 bits per heavy atom. The number of fused-ring (bicyclic) bond motifs is 1. The molecule has 2 N–H and O–H groups in total. The maximum atomic E-state index is 11.9. The van der Waals surface area contributed by atoms with Gasteiger partial charge in [-0.3, -0.25) is 0 Å². The largest absolute Gasteiger partial charge is 0.481 e. The van der Waals surface area contributed by atoms with Crippen molar-refractivity contribution in [2.75, 3.05) is 11.9 Å². The predicted molar refractivity (Wildman–Crippen MR) is 109 cm³/mol. The van der Waals surface area contributed by atoms with Crippen molar-refractivity contribution in [1.82, 2.24) is 4.57 Å². The maximum absolute atomic E-state index is 11.9. The molecule has 0 atom stereocenters. The van der Waals surface area contributed by atoms with Gasteiger partial charge in [0.2, 0.25) is 0 Å². The van der Waals surface area contributed by atoms with Crippen LogP contribution in [-0.4, -0.2) is 28.3 Å². The molecule has 2 amide bonds. The SMILES string of the molecule is CCc1c(NC(=O)N=S)c2c(OCC(=O)O)cccc2n1Cc1ccccc1. The lowest BCUT2D eigenvalue weighted by atomic mass is 10.2. The van der Waals surface area contributed by atoms with Crippen molar-refractivity contribution in [2.24, 2.45) is 4.36 Å². The van der Waals surface area contributed by atoms with E-state index < -0.39 is 18.6 Å². The number of carbonyl (C=O) groups is 2. The number of urea groups is 1. The van der Waals surface area contributed by atoms with Gasteiger partial charge in [0.1, 0.15) is 5.75 Å². The standard InChI is InChI=1S/C20H19N3O4S/c1-2-14-19(21-20(26)22-28)18-15(9-6-10-16(18)27-12-17(24)25)23(14)11-13-7-4-3-5-8-13/h3-10H,2,11-12H2,1H3,(H,21,26)(H,24,25). The van der Waals surface area contributed by atoms with Gasteiger partial charge in [-0.05, 0) is 24.1 Å². The fourth-order valence-electron chi connectivity index (χ4n) is 3.26. The number of ether oxygens (including phenoxy) is 1. The van der Waals surface area contributed by atoms with Crippen LogP contribution < -0.4 is 10.1 Å². The van der Waals surface area contributed by atoms with E-state index in [0.29, 0.717) is 29.8 Å². The summed E-state index contributed by atoms with van der Waals surface area (Å²) < 4.78 is 10.8. The number of anilines is 1. The second-order valence-corrected chi connectivity index (χ2v) is 6.28. The first kappa shape index (κ1) is 19.5. The number of aliphatic carboxylic acids is 1. The van der Waals surface area contributed by atoms with Gasteiger partial charge >= 0.3 is 12.0 Å². The van der Waals surface area contributed by atoms with Crippen molar-refractivity contribution >= 4 is 41.0 Å². The van der Waals surface area contributed by atoms with Crippen LogP contribution in [0, 0.1) is 0 Å². The first-order chi connectivity index (χ1) is 13.5. The number of benzene rings is 2. The summed E-state index contributed by atoms with van der Waals surface area (Å²) in [6, 6.07) is 14.6. The number of carboxylic acid groups (broad SMARTS) is 1. The lowest BCUT2D eigenvalue weighted by Gasteiger charge is -2.11. The van der Waals surface area contributed by atoms with Gasteiger partial charge in [-0.1, -0.05) is 43.3 Å². The number of hydrogen-bond acceptors (Lipinski definition) is 4. The summed E-state index contributed by atoms with van der Waals surface area (Å²) in [5.41, 5.74) is 3.32. The van der Waals surface area contributed by atoms with Gasteiger partial charge in [-0.25, -0.2) is 9.59 Å². The minimum atomic E-state index is -1.08. The lowest BCUT2D eigenvalue weighted by molar-refractivity contribution is -0.139. The molecule has 0 aliphatic rings. The van der Waals surface area contributed by atoms with Gasteiger partial charge in [0.15, 0.2) is 6.61 Å². The van der Waals surface area contributed by atoms with E-state index in [9.17, 15) is 9.59 Å². The van der Waals surface area contributed by atoms with E-state index in [1.807, 2.05) is 43.3 Å². The molecule has 144 valence electrons. The normalized spacial score (nSPS) is 10.6. The molecule has 3 rings (SSSR count). The van der Waals surface area contributed by atoms with Crippen LogP contribution >= 0.6 is 0 Å². The fourth-order valence-corrected chi connectivity index (χ4v) is 3.30. The number of nitrogens with zero attached hydrogens (tertiary/aromatic N) is 2. The Bertz CT molecular complexity index is 1030. The first-order valence-corrected chi connectivity index (χ1v) is 9.08. The third-order valence-electron chi connectivity index (χ3n) is 4.34. The zero-order chi connectivity index (χ0) is 20.1. The molecule has 0 radical (unpaired) electrons. The third-order valence-corrected chi connectivity index (χ3v) is 4.51. The minimum absolute atomic E-state index is 0.376. The highest BCUT2D eigenvalue weighted by molar-refractivity contribution is 7.47. The van der Waals surface area contributed by atoms with Crippen LogP contribution in [0.25, 0.3) is 10.9 Å². The van der Waals surface area contributed by atoms with E-state index in [-0.39, 0.29) is 0 Å². The molecule has 2 aromatic carbocycles. The number of hydrogen-bond donors (Lipinski definition) is 2. The zero-order valence-corrected chi connectivity index (χ0v) is 16.0. The van der Waals surface area contributed by atoms with Crippen molar-refractivity contribution < 1.29 is 19.4 Å². The predicted octanol–water partition coefficient (Wildman–Crippen LogP) is 3.98. The molecule has 0 saturated heterocycles. The van der Waals surface area contributed by atoms with Gasteiger partial charge in [-0.2, -0.15) is 0 Å². The quantitative estimate of drug-likeness (QED) is 0.629. The monoisotopic (exact) mass is 397 g/mol. The molecule has 1 heterocycles. The lowest BCUT2D eigenvalue weighted by Crippen LogP contribution is -2.10. The second kappa shape index (κ2) is 8.62. The molecule has 28 heavy (non-hydrogen) atoms. The Morgan fingerprint density at radius 2 is 1.93 bits per heavy atom. The molecule has 0 fully saturated rings. The Morgan fingerprint density at radius 3 is 2.57 bits per heavy atom. The Balaban J connectivity index is 2.21. The van der Waals surface area contributed by atoms with E-state index in [0.717, 1.165) is 16.8 Å². The van der Waals surface area contributed by atoms with E-state index in [1.165, 1.54) is 0 Å². The molecule has 0 saturated carbocycles. The number of amides is 2. The molecule has 3 aromatic rings. The van der Waals surface area contributed by atoms with Crippen molar-refractivity contribution in [1.29, 1.82) is 0 Å². The molecule has 0 unspecified atom stereocenters. The average Bonchev–Trinajstić information content (AvgIpc) is 3.00. The van der Waals surface area contributed by atoms with E-state index >= 15 is 0 Å². The number of aromatic nitrogens is 1. The number of carboxylic acids is 1. The second-order valence-electron chi connectivity index (χ2n) is 6.10.